The molecule has 0 saturated heterocycles. The van der Waals surface area contributed by atoms with Crippen molar-refractivity contribution in [2.75, 3.05) is 0 Å². The van der Waals surface area contributed by atoms with Gasteiger partial charge in [0.1, 0.15) is 5.82 Å². The number of hydrogen-bond acceptors (Lipinski definition) is 2. The summed E-state index contributed by atoms with van der Waals surface area (Å²) in [6.45, 7) is 0. The third kappa shape index (κ3) is 7.08. The number of aromatic nitrogens is 6. The molecule has 5 aromatic heterocycles. The third-order valence-corrected chi connectivity index (χ3v) is 22.1. The van der Waals surface area contributed by atoms with Gasteiger partial charge in [-0.25, -0.2) is 4.98 Å². The number of para-hydroxylation sites is 6. The molecule has 83 heavy (non-hydrogen) atoms. The average molecular weight is 1080 g/mol. The first kappa shape index (κ1) is 47.0. The summed E-state index contributed by atoms with van der Waals surface area (Å²) in [6.07, 6.45) is 0. The molecule has 0 aliphatic heterocycles. The van der Waals surface area contributed by atoms with Crippen LogP contribution in [0.4, 0.5) is 0 Å². The Labute approximate surface area is 479 Å². The van der Waals surface area contributed by atoms with E-state index in [-0.39, 0.29) is 0 Å². The number of fused-ring (bicyclic) bond motifs is 12. The van der Waals surface area contributed by atoms with E-state index in [1.165, 1.54) is 64.4 Å². The summed E-state index contributed by atoms with van der Waals surface area (Å²) in [5.74, 6) is 1.36. The normalized spacial score (nSPS) is 12.1. The molecule has 0 unspecified atom stereocenters. The van der Waals surface area contributed by atoms with Crippen LogP contribution >= 0.6 is 0 Å². The minimum atomic E-state index is -2.93. The molecule has 0 aliphatic rings. The Morgan fingerprint density at radius 2 is 0.566 bits per heavy atom. The van der Waals surface area contributed by atoms with Crippen molar-refractivity contribution in [3.8, 4) is 34.4 Å². The van der Waals surface area contributed by atoms with E-state index in [4.69, 9.17) is 9.97 Å². The molecule has 0 spiro atoms. The predicted molar refractivity (Wildman–Crippen MR) is 348 cm³/mol. The maximum Gasteiger partial charge on any atom is 0.237 e. The Hall–Kier alpha value is -10.9. The maximum absolute atomic E-state index is 5.78. The van der Waals surface area contributed by atoms with E-state index in [9.17, 15) is 0 Å². The smallest absolute Gasteiger partial charge is 0.237 e. The van der Waals surface area contributed by atoms with Crippen LogP contribution in [0, 0.1) is 0 Å². The minimum Gasteiger partial charge on any atom is -0.309 e. The molecule has 0 saturated carbocycles. The summed E-state index contributed by atoms with van der Waals surface area (Å²) in [5.41, 5.74) is 12.9. The van der Waals surface area contributed by atoms with Crippen LogP contribution in [0.25, 0.3) is 122 Å². The zero-order chi connectivity index (χ0) is 54.6. The van der Waals surface area contributed by atoms with Crippen LogP contribution in [-0.4, -0.2) is 36.3 Å². The van der Waals surface area contributed by atoms with Crippen LogP contribution in [0.15, 0.2) is 303 Å². The fourth-order valence-electron chi connectivity index (χ4n) is 13.8. The Balaban J connectivity index is 0.931. The van der Waals surface area contributed by atoms with Gasteiger partial charge in [0.25, 0.3) is 0 Å². The second-order valence-electron chi connectivity index (χ2n) is 21.7. The van der Waals surface area contributed by atoms with Crippen molar-refractivity contribution in [1.82, 2.24) is 28.2 Å². The molecule has 0 N–H and O–H groups in total. The first-order valence-electron chi connectivity index (χ1n) is 28.4. The summed E-state index contributed by atoms with van der Waals surface area (Å²) < 4.78 is 9.44. The average Bonchev–Trinajstić information content (AvgIpc) is 4.43. The van der Waals surface area contributed by atoms with E-state index in [1.807, 2.05) is 0 Å². The largest absolute Gasteiger partial charge is 0.309 e. The number of nitrogens with zero attached hydrogens (tertiary/aromatic N) is 6. The monoisotopic (exact) mass is 1070 g/mol. The first-order chi connectivity index (χ1) is 41.2. The molecule has 388 valence electrons. The van der Waals surface area contributed by atoms with E-state index in [2.05, 4.69) is 322 Å². The molecule has 0 fully saturated rings. The Bertz CT molecular complexity index is 4950. The topological polar surface area (TPSA) is 45.5 Å². The molecule has 12 aromatic carbocycles. The molecule has 0 bridgehead atoms. The number of rotatable bonds is 9. The Kier molecular flexibility index (Phi) is 10.5. The van der Waals surface area contributed by atoms with Crippen LogP contribution in [0.2, 0.25) is 0 Å². The molecular weight excluding hydrogens is 1020 g/mol. The molecule has 5 heterocycles. The van der Waals surface area contributed by atoms with Crippen LogP contribution in [0.1, 0.15) is 0 Å². The highest BCUT2D eigenvalue weighted by Crippen LogP contribution is 2.40. The maximum atomic E-state index is 5.78. The van der Waals surface area contributed by atoms with Crippen molar-refractivity contribution in [3.05, 3.63) is 303 Å². The molecular formula is C76H50N6Si. The summed E-state index contributed by atoms with van der Waals surface area (Å²) in [7, 11) is -2.93. The van der Waals surface area contributed by atoms with E-state index in [1.54, 1.807) is 0 Å². The molecule has 6 nitrogen and oxygen atoms in total. The van der Waals surface area contributed by atoms with Crippen molar-refractivity contribution >= 4 is 116 Å². The number of benzene rings is 12. The second-order valence-corrected chi connectivity index (χ2v) is 25.5. The second kappa shape index (κ2) is 18.6. The van der Waals surface area contributed by atoms with Crippen molar-refractivity contribution in [3.63, 3.8) is 0 Å². The summed E-state index contributed by atoms with van der Waals surface area (Å²) in [5, 5.41) is 14.7. The molecule has 0 atom stereocenters. The zero-order valence-corrected chi connectivity index (χ0v) is 46.1. The number of hydrogen-bond donors (Lipinski definition) is 0. The fraction of sp³-hybridized carbons (Fsp3) is 0. The SMILES string of the molecule is c1ccc([Si](c2ccccc2)(c2ccccc2)c2cccc(-c3cc(-n4c5ccccc5c5cc(-n6c7ccccc7c7ccccc76)ccc54)nc(-n4c5ccccc5c5cc(-n6c7ccccc7c7ccccc76)ccc54)n3)c2)cc1. The van der Waals surface area contributed by atoms with Crippen molar-refractivity contribution in [2.24, 2.45) is 0 Å². The molecule has 0 radical (unpaired) electrons. The van der Waals surface area contributed by atoms with Gasteiger partial charge >= 0.3 is 0 Å². The lowest BCUT2D eigenvalue weighted by atomic mass is 10.1. The van der Waals surface area contributed by atoms with Crippen LogP contribution in [0.3, 0.4) is 0 Å². The lowest BCUT2D eigenvalue weighted by Gasteiger charge is -2.34. The summed E-state index contributed by atoms with van der Waals surface area (Å²) in [4.78, 5) is 11.5. The standard InChI is InChI=1S/C76H50N6Si/c1-4-24-54(25-5-1)83(55-26-6-2-7-27-55,56-28-8-3-9-29-56)57-30-22-23-51(47-57)66-50-75(81-71-41-20-14-35-62(71)64-48-52(43-45-73(64)81)79-67-37-16-10-31-58(67)59-32-11-17-38-68(59)79)78-76(77-66)82-72-42-21-15-36-63(72)65-49-53(44-46-74(65)82)80-69-39-18-12-33-60(69)61-34-13-19-40-70(61)80/h1-50H. The van der Waals surface area contributed by atoms with E-state index in [0.717, 1.165) is 72.1 Å². The quantitative estimate of drug-likeness (QED) is 0.107. The highest BCUT2D eigenvalue weighted by molar-refractivity contribution is 7.19. The van der Waals surface area contributed by atoms with Gasteiger partial charge in [-0.2, -0.15) is 4.98 Å². The summed E-state index contributed by atoms with van der Waals surface area (Å²) in [6, 6.07) is 111. The Morgan fingerprint density at radius 1 is 0.229 bits per heavy atom. The Morgan fingerprint density at radius 3 is 1.00 bits per heavy atom. The molecule has 0 amide bonds. The first-order valence-corrected chi connectivity index (χ1v) is 30.4. The van der Waals surface area contributed by atoms with Gasteiger partial charge in [-0.15, -0.1) is 0 Å². The van der Waals surface area contributed by atoms with Gasteiger partial charge in [-0.1, -0.05) is 224 Å². The highest BCUT2D eigenvalue weighted by Gasteiger charge is 2.41. The van der Waals surface area contributed by atoms with Crippen molar-refractivity contribution in [2.45, 2.75) is 0 Å². The van der Waals surface area contributed by atoms with Gasteiger partial charge in [0, 0.05) is 66.1 Å². The lowest BCUT2D eigenvalue weighted by Crippen LogP contribution is -2.74. The van der Waals surface area contributed by atoms with E-state index < -0.39 is 8.07 Å². The van der Waals surface area contributed by atoms with E-state index in [0.29, 0.717) is 5.95 Å². The third-order valence-electron chi connectivity index (χ3n) is 17.3. The lowest BCUT2D eigenvalue weighted by molar-refractivity contribution is 0.952. The van der Waals surface area contributed by atoms with Crippen LogP contribution in [0.5, 0.6) is 0 Å². The van der Waals surface area contributed by atoms with Gasteiger partial charge in [0.05, 0.1) is 49.8 Å². The van der Waals surface area contributed by atoms with Crippen LogP contribution in [-0.2, 0) is 0 Å². The van der Waals surface area contributed by atoms with Crippen LogP contribution < -0.4 is 20.7 Å². The molecule has 0 aliphatic carbocycles. The zero-order valence-electron chi connectivity index (χ0n) is 45.1. The summed E-state index contributed by atoms with van der Waals surface area (Å²) >= 11 is 0. The molecule has 17 aromatic rings. The molecule has 17 rings (SSSR count). The fourth-order valence-corrected chi connectivity index (χ4v) is 18.6. The van der Waals surface area contributed by atoms with Gasteiger partial charge in [-0.3, -0.25) is 9.13 Å². The molecule has 7 heteroatoms. The highest BCUT2D eigenvalue weighted by atomic mass is 28.3. The van der Waals surface area contributed by atoms with Gasteiger partial charge < -0.3 is 9.13 Å². The van der Waals surface area contributed by atoms with Crippen molar-refractivity contribution in [1.29, 1.82) is 0 Å². The van der Waals surface area contributed by atoms with Gasteiger partial charge in [-0.05, 0) is 93.5 Å². The van der Waals surface area contributed by atoms with E-state index >= 15 is 0 Å². The van der Waals surface area contributed by atoms with Gasteiger partial charge in [0.15, 0.2) is 8.07 Å². The van der Waals surface area contributed by atoms with Crippen molar-refractivity contribution < 1.29 is 0 Å². The minimum absolute atomic E-state index is 0.587. The van der Waals surface area contributed by atoms with Gasteiger partial charge in [0.2, 0.25) is 5.95 Å². The predicted octanol–water partition coefficient (Wildman–Crippen LogP) is 15.9.